The van der Waals surface area contributed by atoms with Crippen LogP contribution >= 0.6 is 11.3 Å². The first-order valence-corrected chi connectivity index (χ1v) is 5.22. The zero-order chi connectivity index (χ0) is 12.3. The van der Waals surface area contributed by atoms with Crippen LogP contribution in [0.3, 0.4) is 0 Å². The summed E-state index contributed by atoms with van der Waals surface area (Å²) in [5, 5.41) is 22.2. The molecule has 1 rings (SSSR count). The third-order valence-corrected chi connectivity index (χ3v) is 2.58. The van der Waals surface area contributed by atoms with E-state index >= 15 is 0 Å². The molecule has 0 amide bonds. The van der Waals surface area contributed by atoms with Crippen LogP contribution in [0.2, 0.25) is 0 Å². The molecular formula is C8H11N3O4S. The first kappa shape index (κ1) is 12.4. The summed E-state index contributed by atoms with van der Waals surface area (Å²) >= 11 is 0.881. The summed E-state index contributed by atoms with van der Waals surface area (Å²) in [5.41, 5.74) is -0.697. The number of aliphatic carboxylic acids is 1. The van der Waals surface area contributed by atoms with Gasteiger partial charge in [0.05, 0.1) is 11.3 Å². The van der Waals surface area contributed by atoms with E-state index in [1.807, 2.05) is 0 Å². The van der Waals surface area contributed by atoms with Crippen molar-refractivity contribution in [2.45, 2.75) is 25.8 Å². The number of carboxylic acids is 1. The highest BCUT2D eigenvalue weighted by atomic mass is 32.1. The van der Waals surface area contributed by atoms with Crippen LogP contribution in [0.4, 0.5) is 10.1 Å². The summed E-state index contributed by atoms with van der Waals surface area (Å²) in [7, 11) is 0. The highest BCUT2D eigenvalue weighted by Gasteiger charge is 2.23. The second-order valence-corrected chi connectivity index (χ2v) is 4.85. The van der Waals surface area contributed by atoms with Gasteiger partial charge < -0.3 is 10.4 Å². The molecule has 0 fully saturated rings. The molecule has 8 heteroatoms. The van der Waals surface area contributed by atoms with Crippen molar-refractivity contribution in [1.29, 1.82) is 0 Å². The van der Waals surface area contributed by atoms with E-state index in [-0.39, 0.29) is 11.4 Å². The van der Waals surface area contributed by atoms with Gasteiger partial charge in [0.2, 0.25) is 0 Å². The molecule has 0 saturated carbocycles. The lowest BCUT2D eigenvalue weighted by molar-refractivity contribution is -0.380. The fraction of sp³-hybridized carbons (Fsp3) is 0.500. The number of thiazole rings is 1. The Morgan fingerprint density at radius 3 is 2.81 bits per heavy atom. The number of carbonyl (C=O) groups is 1. The molecule has 0 aromatic carbocycles. The predicted molar refractivity (Wildman–Crippen MR) is 58.7 cm³/mol. The van der Waals surface area contributed by atoms with Crippen LogP contribution in [-0.2, 0) is 4.79 Å². The highest BCUT2D eigenvalue weighted by molar-refractivity contribution is 7.18. The number of nitrogens with one attached hydrogen (secondary N) is 1. The molecule has 0 atom stereocenters. The van der Waals surface area contributed by atoms with Gasteiger partial charge in [0.15, 0.2) is 5.13 Å². The standard InChI is InChI=1S/C8H11N3O4S/c1-8(2,3-6(12)13)10-7-9-4-5(16-7)11(14)15/h4H,3H2,1-2H3,(H,9,10)(H,12,13). The fourth-order valence-electron chi connectivity index (χ4n) is 1.12. The Morgan fingerprint density at radius 1 is 1.75 bits per heavy atom. The molecule has 16 heavy (non-hydrogen) atoms. The second kappa shape index (κ2) is 4.44. The van der Waals surface area contributed by atoms with Gasteiger partial charge in [0.25, 0.3) is 0 Å². The Morgan fingerprint density at radius 2 is 2.38 bits per heavy atom. The Hall–Kier alpha value is -1.70. The van der Waals surface area contributed by atoms with E-state index in [0.717, 1.165) is 17.5 Å². The summed E-state index contributed by atoms with van der Waals surface area (Å²) in [5.74, 6) is -0.941. The molecule has 0 aliphatic carbocycles. The van der Waals surface area contributed by atoms with E-state index in [2.05, 4.69) is 10.3 Å². The molecule has 0 aliphatic heterocycles. The summed E-state index contributed by atoms with van der Waals surface area (Å²) in [4.78, 5) is 24.2. The second-order valence-electron chi connectivity index (χ2n) is 3.84. The molecule has 88 valence electrons. The maximum absolute atomic E-state index is 10.6. The normalized spacial score (nSPS) is 11.1. The van der Waals surface area contributed by atoms with Crippen LogP contribution in [0.25, 0.3) is 0 Å². The van der Waals surface area contributed by atoms with E-state index in [9.17, 15) is 14.9 Å². The molecule has 2 N–H and O–H groups in total. The number of carboxylic acid groups (broad SMARTS) is 1. The zero-order valence-corrected chi connectivity index (χ0v) is 9.58. The monoisotopic (exact) mass is 245 g/mol. The van der Waals surface area contributed by atoms with Crippen LogP contribution in [0.5, 0.6) is 0 Å². The van der Waals surface area contributed by atoms with Crippen LogP contribution in [0.15, 0.2) is 6.20 Å². The molecule has 0 spiro atoms. The van der Waals surface area contributed by atoms with Crippen molar-refractivity contribution in [3.8, 4) is 0 Å². The average Bonchev–Trinajstić information content (AvgIpc) is 2.48. The summed E-state index contributed by atoms with van der Waals surface area (Å²) in [6, 6.07) is 0. The van der Waals surface area contributed by atoms with E-state index in [4.69, 9.17) is 5.11 Å². The topological polar surface area (TPSA) is 105 Å². The Kier molecular flexibility index (Phi) is 3.43. The summed E-state index contributed by atoms with van der Waals surface area (Å²) in [6.07, 6.45) is 1.05. The summed E-state index contributed by atoms with van der Waals surface area (Å²) in [6.45, 7) is 3.38. The van der Waals surface area contributed by atoms with Crippen LogP contribution in [0.1, 0.15) is 20.3 Å². The van der Waals surface area contributed by atoms with Crippen molar-refractivity contribution in [3.05, 3.63) is 16.3 Å². The average molecular weight is 245 g/mol. The van der Waals surface area contributed by atoms with Gasteiger partial charge in [-0.1, -0.05) is 0 Å². The van der Waals surface area contributed by atoms with Gasteiger partial charge in [-0.15, -0.1) is 0 Å². The molecule has 0 saturated heterocycles. The minimum Gasteiger partial charge on any atom is -0.481 e. The maximum atomic E-state index is 10.6. The van der Waals surface area contributed by atoms with Gasteiger partial charge in [-0.25, -0.2) is 4.98 Å². The van der Waals surface area contributed by atoms with Crippen molar-refractivity contribution in [2.75, 3.05) is 5.32 Å². The number of anilines is 1. The Labute approximate surface area is 95.3 Å². The highest BCUT2D eigenvalue weighted by Crippen LogP contribution is 2.28. The number of aromatic nitrogens is 1. The quantitative estimate of drug-likeness (QED) is 0.604. The van der Waals surface area contributed by atoms with Crippen LogP contribution < -0.4 is 5.32 Å². The third kappa shape index (κ3) is 3.46. The number of hydrogen-bond acceptors (Lipinski definition) is 6. The molecule has 0 aliphatic rings. The summed E-state index contributed by atoms with van der Waals surface area (Å²) < 4.78 is 0. The van der Waals surface area contributed by atoms with Crippen molar-refractivity contribution in [3.63, 3.8) is 0 Å². The zero-order valence-electron chi connectivity index (χ0n) is 8.76. The molecule has 0 unspecified atom stereocenters. The van der Waals surface area contributed by atoms with Crippen LogP contribution in [-0.4, -0.2) is 26.5 Å². The van der Waals surface area contributed by atoms with Gasteiger partial charge in [-0.3, -0.25) is 14.9 Å². The molecule has 0 radical (unpaired) electrons. The lowest BCUT2D eigenvalue weighted by Crippen LogP contribution is -2.33. The molecule has 0 bridgehead atoms. The molecule has 1 heterocycles. The van der Waals surface area contributed by atoms with Gasteiger partial charge >= 0.3 is 11.0 Å². The SMILES string of the molecule is CC(C)(CC(=O)O)Nc1ncc([N+](=O)[O-])s1. The van der Waals surface area contributed by atoms with Gasteiger partial charge in [0, 0.05) is 5.54 Å². The third-order valence-electron chi connectivity index (χ3n) is 1.71. The molecule has 1 aromatic heterocycles. The van der Waals surface area contributed by atoms with Crippen molar-refractivity contribution in [1.82, 2.24) is 4.98 Å². The molecule has 7 nitrogen and oxygen atoms in total. The smallest absolute Gasteiger partial charge is 0.345 e. The van der Waals surface area contributed by atoms with Crippen molar-refractivity contribution >= 4 is 27.4 Å². The first-order valence-electron chi connectivity index (χ1n) is 4.40. The predicted octanol–water partition coefficient (Wildman–Crippen LogP) is 1.72. The van der Waals surface area contributed by atoms with E-state index in [0.29, 0.717) is 5.13 Å². The number of rotatable bonds is 5. The minimum absolute atomic E-state index is 0.0753. The van der Waals surface area contributed by atoms with Crippen LogP contribution in [0, 0.1) is 10.1 Å². The molecular weight excluding hydrogens is 234 g/mol. The van der Waals surface area contributed by atoms with Crippen molar-refractivity contribution < 1.29 is 14.8 Å². The van der Waals surface area contributed by atoms with Gasteiger partial charge in [0.1, 0.15) is 6.20 Å². The number of hydrogen-bond donors (Lipinski definition) is 2. The lowest BCUT2D eigenvalue weighted by atomic mass is 10.0. The number of nitro groups is 1. The van der Waals surface area contributed by atoms with E-state index in [1.165, 1.54) is 0 Å². The lowest BCUT2D eigenvalue weighted by Gasteiger charge is -2.23. The van der Waals surface area contributed by atoms with E-state index in [1.54, 1.807) is 13.8 Å². The van der Waals surface area contributed by atoms with Gasteiger partial charge in [-0.05, 0) is 25.2 Å². The Bertz CT molecular complexity index is 415. The maximum Gasteiger partial charge on any atom is 0.345 e. The minimum atomic E-state index is -0.941. The Balaban J connectivity index is 2.72. The van der Waals surface area contributed by atoms with Crippen molar-refractivity contribution in [2.24, 2.45) is 0 Å². The van der Waals surface area contributed by atoms with E-state index < -0.39 is 16.4 Å². The fourth-order valence-corrected chi connectivity index (χ4v) is 1.93. The first-order chi connectivity index (χ1) is 7.30. The largest absolute Gasteiger partial charge is 0.481 e. The molecule has 1 aromatic rings. The van der Waals surface area contributed by atoms with Gasteiger partial charge in [-0.2, -0.15) is 0 Å². The number of nitrogens with zero attached hydrogens (tertiary/aromatic N) is 2.